The lowest BCUT2D eigenvalue weighted by Gasteiger charge is -2.22. The van der Waals surface area contributed by atoms with E-state index in [-0.39, 0.29) is 17.7 Å². The fourth-order valence-corrected chi connectivity index (χ4v) is 1.89. The van der Waals surface area contributed by atoms with Gasteiger partial charge in [-0.2, -0.15) is 0 Å². The highest BCUT2D eigenvalue weighted by molar-refractivity contribution is 5.96. The molecule has 0 aliphatic heterocycles. The summed E-state index contributed by atoms with van der Waals surface area (Å²) in [5.74, 6) is -1.17. The van der Waals surface area contributed by atoms with Gasteiger partial charge in [-0.15, -0.1) is 0 Å². The Morgan fingerprint density at radius 2 is 1.33 bits per heavy atom. The van der Waals surface area contributed by atoms with Crippen LogP contribution in [0.3, 0.4) is 0 Å². The van der Waals surface area contributed by atoms with Crippen LogP contribution in [-0.2, 0) is 9.47 Å². The fraction of sp³-hybridized carbons (Fsp3) is 0.556. The van der Waals surface area contributed by atoms with E-state index >= 15 is 0 Å². The third kappa shape index (κ3) is 6.29. The van der Waals surface area contributed by atoms with Crippen LogP contribution in [0.2, 0.25) is 0 Å². The van der Waals surface area contributed by atoms with E-state index in [1.807, 2.05) is 0 Å². The van der Waals surface area contributed by atoms with Gasteiger partial charge in [-0.05, 0) is 65.3 Å². The highest BCUT2D eigenvalue weighted by Gasteiger charge is 2.23. The van der Waals surface area contributed by atoms with Crippen LogP contribution in [0.5, 0.6) is 0 Å². The average molecular weight is 337 g/mol. The second-order valence-corrected chi connectivity index (χ2v) is 7.60. The van der Waals surface area contributed by atoms with Gasteiger partial charge >= 0.3 is 11.9 Å². The quantitative estimate of drug-likeness (QED) is 0.819. The highest BCUT2D eigenvalue weighted by atomic mass is 16.6. The lowest BCUT2D eigenvalue weighted by Crippen LogP contribution is -2.26. The van der Waals surface area contributed by atoms with E-state index in [1.165, 1.54) is 18.2 Å². The molecule has 1 rings (SSSR count). The van der Waals surface area contributed by atoms with Crippen molar-refractivity contribution < 1.29 is 24.2 Å². The minimum absolute atomic E-state index is 0.0362. The number of aliphatic hydroxyl groups is 1. The van der Waals surface area contributed by atoms with E-state index in [0.717, 1.165) is 0 Å². The summed E-state index contributed by atoms with van der Waals surface area (Å²) in [5, 5.41) is 9.98. The van der Waals surface area contributed by atoms with Crippen molar-refractivity contribution in [2.45, 2.75) is 58.8 Å². The highest BCUT2D eigenvalue weighted by Crippen LogP contribution is 2.21. The van der Waals surface area contributed by atoms with Crippen molar-refractivity contribution in [1.29, 1.82) is 0 Å². The summed E-state index contributed by atoms with van der Waals surface area (Å²) in [5.41, 5.74) is 4.82. The summed E-state index contributed by atoms with van der Waals surface area (Å²) < 4.78 is 10.6. The zero-order valence-corrected chi connectivity index (χ0v) is 15.2. The summed E-state index contributed by atoms with van der Waals surface area (Å²) in [6, 6.07) is 4.34. The molecule has 0 fully saturated rings. The summed E-state index contributed by atoms with van der Waals surface area (Å²) in [7, 11) is 0. The van der Waals surface area contributed by atoms with Crippen LogP contribution in [0.1, 0.15) is 73.9 Å². The molecule has 0 saturated heterocycles. The second-order valence-electron chi connectivity index (χ2n) is 7.60. The van der Waals surface area contributed by atoms with Gasteiger partial charge in [-0.25, -0.2) is 9.59 Å². The minimum atomic E-state index is -0.992. The Bertz CT molecular complexity index is 565. The van der Waals surface area contributed by atoms with E-state index in [0.29, 0.717) is 5.56 Å². The van der Waals surface area contributed by atoms with Gasteiger partial charge < -0.3 is 20.3 Å². The Kier molecular flexibility index (Phi) is 6.14. The number of rotatable bonds is 4. The predicted octanol–water partition coefficient (Wildman–Crippen LogP) is 2.59. The van der Waals surface area contributed by atoms with E-state index < -0.39 is 29.2 Å². The van der Waals surface area contributed by atoms with Crippen molar-refractivity contribution in [1.82, 2.24) is 0 Å². The van der Waals surface area contributed by atoms with Gasteiger partial charge in [0.15, 0.2) is 0 Å². The van der Waals surface area contributed by atoms with Gasteiger partial charge in [-0.1, -0.05) is 0 Å². The average Bonchev–Trinajstić information content (AvgIpc) is 2.42. The summed E-state index contributed by atoms with van der Waals surface area (Å²) in [6.07, 6.45) is -0.992. The number of benzene rings is 1. The fourth-order valence-electron chi connectivity index (χ4n) is 1.89. The minimum Gasteiger partial charge on any atom is -0.456 e. The lowest BCUT2D eigenvalue weighted by molar-refractivity contribution is 0.00676. The maximum atomic E-state index is 12.3. The molecule has 0 heterocycles. The molecular formula is C18H27NO5. The molecule has 6 heteroatoms. The number of carbonyl (C=O) groups is 2. The molecule has 0 bridgehead atoms. The van der Waals surface area contributed by atoms with Crippen LogP contribution in [0.25, 0.3) is 0 Å². The first-order valence-corrected chi connectivity index (χ1v) is 7.82. The van der Waals surface area contributed by atoms with Gasteiger partial charge in [0.2, 0.25) is 0 Å². The van der Waals surface area contributed by atoms with Gasteiger partial charge in [0.05, 0.1) is 17.2 Å². The molecule has 0 spiro atoms. The van der Waals surface area contributed by atoms with Gasteiger partial charge in [0.25, 0.3) is 0 Å². The first-order chi connectivity index (χ1) is 10.8. The number of esters is 2. The molecule has 0 amide bonds. The molecule has 0 unspecified atom stereocenters. The van der Waals surface area contributed by atoms with Crippen molar-refractivity contribution in [3.05, 3.63) is 34.9 Å². The third-order valence-corrected chi connectivity index (χ3v) is 2.83. The predicted molar refractivity (Wildman–Crippen MR) is 90.8 cm³/mol. The Morgan fingerprint density at radius 1 is 0.958 bits per heavy atom. The molecule has 0 aromatic heterocycles. The van der Waals surface area contributed by atoms with E-state index in [2.05, 4.69) is 0 Å². The van der Waals surface area contributed by atoms with Crippen molar-refractivity contribution in [2.24, 2.45) is 5.73 Å². The zero-order chi connectivity index (χ0) is 18.7. The van der Waals surface area contributed by atoms with E-state index in [1.54, 1.807) is 41.5 Å². The van der Waals surface area contributed by atoms with Crippen LogP contribution in [-0.4, -0.2) is 34.8 Å². The van der Waals surface area contributed by atoms with E-state index in [9.17, 15) is 14.7 Å². The van der Waals surface area contributed by atoms with Crippen LogP contribution in [0.15, 0.2) is 18.2 Å². The Labute approximate surface area is 142 Å². The normalized spacial score (nSPS) is 13.3. The Hall–Kier alpha value is -1.92. The number of hydrogen-bond acceptors (Lipinski definition) is 6. The molecule has 0 aliphatic rings. The second kappa shape index (κ2) is 7.32. The summed E-state index contributed by atoms with van der Waals surface area (Å²) in [4.78, 5) is 24.6. The molecule has 3 N–H and O–H groups in total. The lowest BCUT2D eigenvalue weighted by atomic mass is 10.0. The molecule has 134 valence electrons. The number of carbonyl (C=O) groups excluding carboxylic acids is 2. The summed E-state index contributed by atoms with van der Waals surface area (Å²) in [6.45, 7) is 10.5. The van der Waals surface area contributed by atoms with E-state index in [4.69, 9.17) is 15.2 Å². The Morgan fingerprint density at radius 3 is 1.62 bits per heavy atom. The number of aliphatic hydroxyl groups excluding tert-OH is 1. The number of ether oxygens (including phenoxy) is 2. The molecule has 1 aromatic rings. The SMILES string of the molecule is CC(C)(C)OC(=O)c1cc(C(=O)OC(C)(C)C)cc([C@@H](O)CN)c1. The van der Waals surface area contributed by atoms with Crippen molar-refractivity contribution >= 4 is 11.9 Å². The molecular weight excluding hydrogens is 310 g/mol. The van der Waals surface area contributed by atoms with Crippen LogP contribution in [0.4, 0.5) is 0 Å². The largest absolute Gasteiger partial charge is 0.456 e. The van der Waals surface area contributed by atoms with Crippen molar-refractivity contribution in [3.8, 4) is 0 Å². The first-order valence-electron chi connectivity index (χ1n) is 7.82. The van der Waals surface area contributed by atoms with Crippen LogP contribution in [0, 0.1) is 0 Å². The molecule has 0 aliphatic carbocycles. The molecule has 6 nitrogen and oxygen atoms in total. The first kappa shape index (κ1) is 20.1. The maximum Gasteiger partial charge on any atom is 0.338 e. The molecule has 0 saturated carbocycles. The Balaban J connectivity index is 3.27. The van der Waals surface area contributed by atoms with Crippen LogP contribution < -0.4 is 5.73 Å². The molecule has 1 aromatic carbocycles. The van der Waals surface area contributed by atoms with Crippen molar-refractivity contribution in [2.75, 3.05) is 6.54 Å². The van der Waals surface area contributed by atoms with Gasteiger partial charge in [0.1, 0.15) is 11.2 Å². The molecule has 24 heavy (non-hydrogen) atoms. The zero-order valence-electron chi connectivity index (χ0n) is 15.2. The standard InChI is InChI=1S/C18H27NO5/c1-17(2,3)23-15(21)12-7-11(14(20)10-19)8-13(9-12)16(22)24-18(4,5)6/h7-9,14,20H,10,19H2,1-6H3/t14-/m0/s1. The number of hydrogen-bond donors (Lipinski definition) is 2. The van der Waals surface area contributed by atoms with Crippen LogP contribution >= 0.6 is 0 Å². The van der Waals surface area contributed by atoms with Crippen molar-refractivity contribution in [3.63, 3.8) is 0 Å². The number of nitrogens with two attached hydrogens (primary N) is 1. The maximum absolute atomic E-state index is 12.3. The van der Waals surface area contributed by atoms with Gasteiger partial charge in [-0.3, -0.25) is 0 Å². The molecule has 0 radical (unpaired) electrons. The van der Waals surface area contributed by atoms with Gasteiger partial charge in [0, 0.05) is 6.54 Å². The monoisotopic (exact) mass is 337 g/mol. The molecule has 1 atom stereocenters. The smallest absolute Gasteiger partial charge is 0.338 e. The third-order valence-electron chi connectivity index (χ3n) is 2.83. The topological polar surface area (TPSA) is 98.9 Å². The summed E-state index contributed by atoms with van der Waals surface area (Å²) >= 11 is 0.